The molecule has 0 saturated heterocycles. The number of carboxylic acid groups (broad SMARTS) is 1. The first-order chi connectivity index (χ1) is 11.7. The summed E-state index contributed by atoms with van der Waals surface area (Å²) in [6.07, 6.45) is -3.34. The number of ether oxygens (including phenoxy) is 1. The third-order valence-corrected chi connectivity index (χ3v) is 4.19. The predicted molar refractivity (Wildman–Crippen MR) is 81.2 cm³/mol. The quantitative estimate of drug-likeness (QED) is 0.785. The number of H-pyrrole nitrogens is 1. The third-order valence-electron chi connectivity index (χ3n) is 4.19. The van der Waals surface area contributed by atoms with Crippen molar-refractivity contribution in [3.63, 3.8) is 0 Å². The first kappa shape index (κ1) is 17.1. The van der Waals surface area contributed by atoms with E-state index >= 15 is 0 Å². The minimum absolute atomic E-state index is 0.193. The zero-order chi connectivity index (χ0) is 18.2. The molecule has 9 heteroatoms. The fraction of sp³-hybridized carbons (Fsp3) is 0.375. The lowest BCUT2D eigenvalue weighted by Gasteiger charge is -2.11. The molecule has 25 heavy (non-hydrogen) atoms. The van der Waals surface area contributed by atoms with Gasteiger partial charge in [0.15, 0.2) is 0 Å². The number of aromatic nitrogens is 1. The Kier molecular flexibility index (Phi) is 4.32. The second-order valence-corrected chi connectivity index (χ2v) is 6.00. The molecule has 1 aliphatic carbocycles. The number of nitrogens with one attached hydrogen (secondary N) is 2. The third kappa shape index (κ3) is 4.04. The Morgan fingerprint density at radius 1 is 1.24 bits per heavy atom. The van der Waals surface area contributed by atoms with Crippen LogP contribution in [0, 0.1) is 5.92 Å². The van der Waals surface area contributed by atoms with Gasteiger partial charge in [-0.3, -0.25) is 9.59 Å². The van der Waals surface area contributed by atoms with Gasteiger partial charge in [0.1, 0.15) is 11.4 Å². The number of hydrogen-bond acceptors (Lipinski definition) is 3. The van der Waals surface area contributed by atoms with Crippen LogP contribution in [0.2, 0.25) is 0 Å². The highest BCUT2D eigenvalue weighted by Crippen LogP contribution is 2.28. The van der Waals surface area contributed by atoms with E-state index in [-0.39, 0.29) is 17.5 Å². The van der Waals surface area contributed by atoms with Gasteiger partial charge in [-0.1, -0.05) is 0 Å². The van der Waals surface area contributed by atoms with Crippen LogP contribution in [0.25, 0.3) is 10.9 Å². The minimum atomic E-state index is -4.79. The highest BCUT2D eigenvalue weighted by Gasteiger charge is 2.32. The lowest BCUT2D eigenvalue weighted by atomic mass is 10.1. The van der Waals surface area contributed by atoms with Crippen LogP contribution in [0.3, 0.4) is 0 Å². The van der Waals surface area contributed by atoms with E-state index in [0.29, 0.717) is 30.2 Å². The maximum absolute atomic E-state index is 12.3. The molecule has 3 rings (SSSR count). The topological polar surface area (TPSA) is 91.4 Å². The molecule has 1 saturated carbocycles. The zero-order valence-electron chi connectivity index (χ0n) is 12.9. The molecule has 1 aromatic heterocycles. The predicted octanol–water partition coefficient (Wildman–Crippen LogP) is 3.05. The van der Waals surface area contributed by atoms with Crippen LogP contribution in [0.4, 0.5) is 13.2 Å². The Morgan fingerprint density at radius 3 is 2.64 bits per heavy atom. The maximum Gasteiger partial charge on any atom is 0.573 e. The maximum atomic E-state index is 12.3. The number of carboxylic acids is 1. The number of aromatic amines is 1. The van der Waals surface area contributed by atoms with Crippen molar-refractivity contribution >= 4 is 22.8 Å². The van der Waals surface area contributed by atoms with Crippen molar-refractivity contribution in [3.8, 4) is 5.75 Å². The van der Waals surface area contributed by atoms with Gasteiger partial charge in [0.2, 0.25) is 0 Å². The standard InChI is InChI=1S/C16H15F3N2O4/c17-16(18,19)25-11-4-2-8-6-13(21-12(8)7-11)14(22)20-10-3-1-9(5-10)15(23)24/h2,4,6-7,9-10,21H,1,3,5H2,(H,20,22)(H,23,24)/t9-,10+/m1/s1. The molecule has 0 aliphatic heterocycles. The molecule has 0 radical (unpaired) electrons. The highest BCUT2D eigenvalue weighted by atomic mass is 19.4. The van der Waals surface area contributed by atoms with E-state index in [1.807, 2.05) is 0 Å². The number of amides is 1. The molecule has 0 bridgehead atoms. The van der Waals surface area contributed by atoms with Crippen LogP contribution in [0.5, 0.6) is 5.75 Å². The van der Waals surface area contributed by atoms with Crippen molar-refractivity contribution in [2.45, 2.75) is 31.7 Å². The van der Waals surface area contributed by atoms with E-state index in [9.17, 15) is 22.8 Å². The van der Waals surface area contributed by atoms with Gasteiger partial charge in [0.25, 0.3) is 5.91 Å². The van der Waals surface area contributed by atoms with Crippen molar-refractivity contribution < 1.29 is 32.6 Å². The smallest absolute Gasteiger partial charge is 0.481 e. The Balaban J connectivity index is 1.71. The molecule has 134 valence electrons. The Bertz CT molecular complexity index is 815. The molecule has 2 aromatic rings. The fourth-order valence-electron chi connectivity index (χ4n) is 3.03. The molecule has 6 nitrogen and oxygen atoms in total. The van der Waals surface area contributed by atoms with Crippen molar-refractivity contribution in [2.24, 2.45) is 5.92 Å². The van der Waals surface area contributed by atoms with E-state index in [2.05, 4.69) is 15.0 Å². The van der Waals surface area contributed by atoms with Gasteiger partial charge in [-0.05, 0) is 37.5 Å². The number of carbonyl (C=O) groups is 2. The summed E-state index contributed by atoms with van der Waals surface area (Å²) in [5.41, 5.74) is 0.527. The van der Waals surface area contributed by atoms with Gasteiger partial charge in [-0.25, -0.2) is 0 Å². The number of carbonyl (C=O) groups excluding carboxylic acids is 1. The molecular weight excluding hydrogens is 341 g/mol. The van der Waals surface area contributed by atoms with Crippen molar-refractivity contribution in [2.75, 3.05) is 0 Å². The summed E-state index contributed by atoms with van der Waals surface area (Å²) in [6.45, 7) is 0. The van der Waals surface area contributed by atoms with Gasteiger partial charge in [0.05, 0.1) is 5.92 Å². The van der Waals surface area contributed by atoms with Crippen LogP contribution in [0.15, 0.2) is 24.3 Å². The molecule has 3 N–H and O–H groups in total. The number of alkyl halides is 3. The average Bonchev–Trinajstić information content (AvgIpc) is 3.11. The summed E-state index contributed by atoms with van der Waals surface area (Å²) < 4.78 is 40.6. The average molecular weight is 356 g/mol. The normalized spacial score (nSPS) is 20.6. The molecule has 1 amide bonds. The van der Waals surface area contributed by atoms with Crippen LogP contribution in [0.1, 0.15) is 29.8 Å². The lowest BCUT2D eigenvalue weighted by Crippen LogP contribution is -2.33. The Morgan fingerprint density at radius 2 is 2.00 bits per heavy atom. The number of hydrogen-bond donors (Lipinski definition) is 3. The van der Waals surface area contributed by atoms with Gasteiger partial charge in [-0.2, -0.15) is 0 Å². The van der Waals surface area contributed by atoms with Crippen LogP contribution in [-0.2, 0) is 4.79 Å². The number of rotatable bonds is 4. The Hall–Kier alpha value is -2.71. The molecule has 0 spiro atoms. The molecule has 1 fully saturated rings. The largest absolute Gasteiger partial charge is 0.573 e. The van der Waals surface area contributed by atoms with E-state index in [4.69, 9.17) is 5.11 Å². The molecule has 1 aromatic carbocycles. The fourth-order valence-corrected chi connectivity index (χ4v) is 3.03. The first-order valence-electron chi connectivity index (χ1n) is 7.63. The number of halogens is 3. The zero-order valence-corrected chi connectivity index (χ0v) is 12.9. The molecule has 0 unspecified atom stereocenters. The van der Waals surface area contributed by atoms with E-state index < -0.39 is 24.2 Å². The second kappa shape index (κ2) is 6.30. The number of fused-ring (bicyclic) bond motifs is 1. The molecule has 1 aliphatic rings. The lowest BCUT2D eigenvalue weighted by molar-refractivity contribution is -0.274. The van der Waals surface area contributed by atoms with Gasteiger partial charge < -0.3 is 20.1 Å². The van der Waals surface area contributed by atoms with Gasteiger partial charge in [-0.15, -0.1) is 13.2 Å². The van der Waals surface area contributed by atoms with Crippen molar-refractivity contribution in [1.82, 2.24) is 10.3 Å². The van der Waals surface area contributed by atoms with Crippen molar-refractivity contribution in [1.29, 1.82) is 0 Å². The molecule has 1 heterocycles. The number of benzene rings is 1. The molecular formula is C16H15F3N2O4. The summed E-state index contributed by atoms with van der Waals surface area (Å²) in [5, 5.41) is 12.3. The van der Waals surface area contributed by atoms with Crippen LogP contribution in [-0.4, -0.2) is 34.4 Å². The summed E-state index contributed by atoms with van der Waals surface area (Å²) in [7, 11) is 0. The first-order valence-corrected chi connectivity index (χ1v) is 7.63. The van der Waals surface area contributed by atoms with E-state index in [1.54, 1.807) is 0 Å². The second-order valence-electron chi connectivity index (χ2n) is 6.00. The van der Waals surface area contributed by atoms with E-state index in [0.717, 1.165) is 6.07 Å². The van der Waals surface area contributed by atoms with Crippen molar-refractivity contribution in [3.05, 3.63) is 30.0 Å². The van der Waals surface area contributed by atoms with Crippen LogP contribution < -0.4 is 10.1 Å². The van der Waals surface area contributed by atoms with Gasteiger partial charge in [0, 0.05) is 23.0 Å². The van der Waals surface area contributed by atoms with Gasteiger partial charge >= 0.3 is 12.3 Å². The number of aliphatic carboxylic acids is 1. The van der Waals surface area contributed by atoms with E-state index in [1.165, 1.54) is 18.2 Å². The summed E-state index contributed by atoms with van der Waals surface area (Å²) >= 11 is 0. The van der Waals surface area contributed by atoms with Crippen LogP contribution >= 0.6 is 0 Å². The monoisotopic (exact) mass is 356 g/mol. The summed E-state index contributed by atoms with van der Waals surface area (Å²) in [6, 6.07) is 5.03. The highest BCUT2D eigenvalue weighted by molar-refractivity contribution is 5.98. The molecule has 2 atom stereocenters. The summed E-state index contributed by atoms with van der Waals surface area (Å²) in [5.74, 6) is -2.14. The summed E-state index contributed by atoms with van der Waals surface area (Å²) in [4.78, 5) is 26.0. The minimum Gasteiger partial charge on any atom is -0.481 e. The Labute approximate surface area is 140 Å². The SMILES string of the molecule is O=C(N[C@H]1CC[C@@H](C(=O)O)C1)c1cc2ccc(OC(F)(F)F)cc2[nH]1.